The second-order valence-electron chi connectivity index (χ2n) is 21.3. The molecule has 0 saturated heterocycles. The van der Waals surface area contributed by atoms with Crippen LogP contribution >= 0.6 is 15.6 Å². The average molecular weight is 1120 g/mol. The van der Waals surface area contributed by atoms with E-state index in [1.807, 2.05) is 0 Å². The summed E-state index contributed by atoms with van der Waals surface area (Å²) in [6.45, 7) is 9.21. The topological polar surface area (TPSA) is 237 Å². The van der Waals surface area contributed by atoms with Gasteiger partial charge in [0.15, 0.2) is 12.2 Å². The summed E-state index contributed by atoms with van der Waals surface area (Å²) in [5, 5.41) is 10.4. The molecule has 0 aliphatic heterocycles. The van der Waals surface area contributed by atoms with E-state index in [9.17, 15) is 43.2 Å². The highest BCUT2D eigenvalue weighted by Gasteiger charge is 2.30. The molecule has 0 rings (SSSR count). The first-order valence-electron chi connectivity index (χ1n) is 29.5. The summed E-state index contributed by atoms with van der Waals surface area (Å²) >= 11 is 0. The maximum absolute atomic E-state index is 12.9. The van der Waals surface area contributed by atoms with Gasteiger partial charge in [-0.1, -0.05) is 215 Å². The van der Waals surface area contributed by atoms with Gasteiger partial charge in [0, 0.05) is 25.7 Å². The van der Waals surface area contributed by atoms with Crippen LogP contribution in [0.1, 0.15) is 266 Å². The van der Waals surface area contributed by atoms with Gasteiger partial charge in [0.05, 0.1) is 26.4 Å². The first-order valence-corrected chi connectivity index (χ1v) is 32.5. The molecule has 0 aliphatic rings. The van der Waals surface area contributed by atoms with Crippen LogP contribution in [0.3, 0.4) is 0 Å². The largest absolute Gasteiger partial charge is 0.472 e. The number of aliphatic hydroxyl groups is 1. The van der Waals surface area contributed by atoms with E-state index in [0.29, 0.717) is 31.6 Å². The third kappa shape index (κ3) is 51.3. The van der Waals surface area contributed by atoms with Crippen molar-refractivity contribution in [2.45, 2.75) is 285 Å². The summed E-state index contributed by atoms with van der Waals surface area (Å²) in [7, 11) is -9.86. The summed E-state index contributed by atoms with van der Waals surface area (Å²) in [4.78, 5) is 71.4. The molecule has 0 radical (unpaired) electrons. The number of hydrogen-bond donors (Lipinski definition) is 3. The van der Waals surface area contributed by atoms with Gasteiger partial charge in [-0.2, -0.15) is 0 Å². The van der Waals surface area contributed by atoms with Gasteiger partial charge in [-0.25, -0.2) is 9.13 Å². The molecule has 3 N–H and O–H groups in total. The average Bonchev–Trinajstić information content (AvgIpc) is 3.36. The number of aliphatic hydroxyl groups excluding tert-OH is 1. The Balaban J connectivity index is 5.16. The van der Waals surface area contributed by atoms with Crippen molar-refractivity contribution in [3.8, 4) is 0 Å². The quantitative estimate of drug-likeness (QED) is 0.0222. The standard InChI is InChI=1S/C56H108O17P2/c1-7-9-11-13-19-28-34-40-55(60)72-51(44-66-53(58)38-32-24-12-10-8-2)46-70-74(62,63)68-42-50(57)43-69-75(64,65)71-47-52(45-67-54(59)39-33-27-23-22-26-31-37-49(5)6)73-56(61)41-35-29-21-18-16-14-15-17-20-25-30-36-48(3)4/h48-52,57H,7-47H2,1-6H3,(H,62,63)(H,64,65)/t50-,51+,52+/m0/s1. The minimum atomic E-state index is -4.93. The van der Waals surface area contributed by atoms with Crippen molar-refractivity contribution >= 4 is 39.5 Å². The van der Waals surface area contributed by atoms with E-state index in [1.165, 1.54) is 57.8 Å². The molecule has 0 aromatic carbocycles. The van der Waals surface area contributed by atoms with Crippen molar-refractivity contribution in [2.24, 2.45) is 11.8 Å². The Hall–Kier alpha value is -1.94. The lowest BCUT2D eigenvalue weighted by molar-refractivity contribution is -0.161. The molecular weight excluding hydrogens is 1010 g/mol. The van der Waals surface area contributed by atoms with Crippen LogP contribution in [0.5, 0.6) is 0 Å². The van der Waals surface area contributed by atoms with Crippen molar-refractivity contribution in [1.29, 1.82) is 0 Å². The third-order valence-electron chi connectivity index (χ3n) is 12.7. The van der Waals surface area contributed by atoms with Crippen molar-refractivity contribution in [3.05, 3.63) is 0 Å². The molecule has 0 aromatic rings. The van der Waals surface area contributed by atoms with Crippen LogP contribution in [0.15, 0.2) is 0 Å². The normalized spacial score (nSPS) is 14.5. The van der Waals surface area contributed by atoms with Crippen molar-refractivity contribution in [3.63, 3.8) is 0 Å². The van der Waals surface area contributed by atoms with Gasteiger partial charge in [0.2, 0.25) is 0 Å². The number of rotatable bonds is 55. The summed E-state index contributed by atoms with van der Waals surface area (Å²) < 4.78 is 67.3. The fourth-order valence-corrected chi connectivity index (χ4v) is 9.70. The van der Waals surface area contributed by atoms with E-state index in [2.05, 4.69) is 41.5 Å². The van der Waals surface area contributed by atoms with Crippen molar-refractivity contribution in [2.75, 3.05) is 39.6 Å². The lowest BCUT2D eigenvalue weighted by atomic mass is 10.0. The summed E-state index contributed by atoms with van der Waals surface area (Å²) in [6.07, 6.45) is 28.6. The number of carbonyl (C=O) groups is 4. The molecule has 19 heteroatoms. The molecular formula is C56H108O17P2. The van der Waals surface area contributed by atoms with E-state index in [0.717, 1.165) is 121 Å². The number of ether oxygens (including phenoxy) is 4. The number of carbonyl (C=O) groups excluding carboxylic acids is 4. The SMILES string of the molecule is CCCCCCCCCC(=O)O[C@H](COC(=O)CCCCCCC)COP(=O)(O)OC[C@H](O)COP(=O)(O)OC[C@@H](COC(=O)CCCCCCCCC(C)C)OC(=O)CCCCCCCCCCCCCC(C)C. The highest BCUT2D eigenvalue weighted by Crippen LogP contribution is 2.45. The molecule has 0 heterocycles. The minimum Gasteiger partial charge on any atom is -0.462 e. The summed E-state index contributed by atoms with van der Waals surface area (Å²) in [5.74, 6) is -0.718. The zero-order valence-corrected chi connectivity index (χ0v) is 49.6. The Morgan fingerprint density at radius 3 is 0.907 bits per heavy atom. The second kappa shape index (κ2) is 49.1. The lowest BCUT2D eigenvalue weighted by Gasteiger charge is -2.21. The van der Waals surface area contributed by atoms with Crippen LogP contribution in [-0.2, 0) is 65.4 Å². The molecule has 5 atom stereocenters. The molecule has 75 heavy (non-hydrogen) atoms. The minimum absolute atomic E-state index is 0.102. The molecule has 0 aliphatic carbocycles. The third-order valence-corrected chi connectivity index (χ3v) is 14.6. The number of hydrogen-bond acceptors (Lipinski definition) is 15. The monoisotopic (exact) mass is 1110 g/mol. The summed E-state index contributed by atoms with van der Waals surface area (Å²) in [5.41, 5.74) is 0. The van der Waals surface area contributed by atoms with Crippen LogP contribution in [0.2, 0.25) is 0 Å². The molecule has 17 nitrogen and oxygen atoms in total. The van der Waals surface area contributed by atoms with Crippen LogP contribution in [0.25, 0.3) is 0 Å². The highest BCUT2D eigenvalue weighted by atomic mass is 31.2. The fourth-order valence-electron chi connectivity index (χ4n) is 8.12. The van der Waals surface area contributed by atoms with E-state index in [1.54, 1.807) is 0 Å². The van der Waals surface area contributed by atoms with Crippen LogP contribution < -0.4 is 0 Å². The molecule has 444 valence electrons. The number of phosphoric ester groups is 2. The second-order valence-corrected chi connectivity index (χ2v) is 24.2. The van der Waals surface area contributed by atoms with Gasteiger partial charge in [0.1, 0.15) is 19.3 Å². The maximum Gasteiger partial charge on any atom is 0.472 e. The van der Waals surface area contributed by atoms with Gasteiger partial charge in [-0.15, -0.1) is 0 Å². The van der Waals surface area contributed by atoms with E-state index in [4.69, 9.17) is 37.0 Å². The van der Waals surface area contributed by atoms with Crippen LogP contribution in [0.4, 0.5) is 0 Å². The van der Waals surface area contributed by atoms with Gasteiger partial charge in [0.25, 0.3) is 0 Å². The van der Waals surface area contributed by atoms with E-state index >= 15 is 0 Å². The Morgan fingerprint density at radius 2 is 0.613 bits per heavy atom. The maximum atomic E-state index is 12.9. The molecule has 0 aromatic heterocycles. The van der Waals surface area contributed by atoms with E-state index in [-0.39, 0.29) is 25.7 Å². The molecule has 0 bridgehead atoms. The van der Waals surface area contributed by atoms with Gasteiger partial charge in [-0.3, -0.25) is 37.3 Å². The van der Waals surface area contributed by atoms with Crippen LogP contribution in [0, 0.1) is 11.8 Å². The molecule has 0 spiro atoms. The Morgan fingerprint density at radius 1 is 0.360 bits per heavy atom. The Kier molecular flexibility index (Phi) is 47.9. The van der Waals surface area contributed by atoms with Crippen LogP contribution in [-0.4, -0.2) is 96.7 Å². The molecule has 0 amide bonds. The molecule has 0 fully saturated rings. The lowest BCUT2D eigenvalue weighted by Crippen LogP contribution is -2.30. The predicted molar refractivity (Wildman–Crippen MR) is 294 cm³/mol. The molecule has 2 unspecified atom stereocenters. The number of phosphoric acid groups is 2. The summed E-state index contributed by atoms with van der Waals surface area (Å²) in [6, 6.07) is 0. The highest BCUT2D eigenvalue weighted by molar-refractivity contribution is 7.47. The smallest absolute Gasteiger partial charge is 0.462 e. The first-order chi connectivity index (χ1) is 35.9. The molecule has 0 saturated carbocycles. The zero-order chi connectivity index (χ0) is 55.8. The Bertz CT molecular complexity index is 1500. The predicted octanol–water partition coefficient (Wildman–Crippen LogP) is 14.5. The van der Waals surface area contributed by atoms with Crippen molar-refractivity contribution in [1.82, 2.24) is 0 Å². The fraction of sp³-hybridized carbons (Fsp3) is 0.929. The Labute approximate surface area is 454 Å². The zero-order valence-electron chi connectivity index (χ0n) is 47.8. The number of esters is 4. The van der Waals surface area contributed by atoms with Gasteiger partial charge in [-0.05, 0) is 37.5 Å². The number of unbranched alkanes of at least 4 members (excludes halogenated alkanes) is 25. The van der Waals surface area contributed by atoms with E-state index < -0.39 is 97.5 Å². The van der Waals surface area contributed by atoms with Gasteiger partial charge < -0.3 is 33.8 Å². The van der Waals surface area contributed by atoms with Gasteiger partial charge >= 0.3 is 39.5 Å². The van der Waals surface area contributed by atoms with Crippen molar-refractivity contribution < 1.29 is 80.2 Å². The first kappa shape index (κ1) is 73.1.